The molecule has 2 aromatic carbocycles. The third kappa shape index (κ3) is 4.43. The largest absolute Gasteiger partial charge is 0.339 e. The molecule has 8 nitrogen and oxygen atoms in total. The van der Waals surface area contributed by atoms with Crippen molar-refractivity contribution in [1.29, 1.82) is 0 Å². The molecule has 0 bridgehead atoms. The molecule has 0 aliphatic heterocycles. The fourth-order valence-electron chi connectivity index (χ4n) is 2.63. The van der Waals surface area contributed by atoms with E-state index in [0.29, 0.717) is 18.7 Å². The van der Waals surface area contributed by atoms with Crippen LogP contribution in [0.1, 0.15) is 29.8 Å². The van der Waals surface area contributed by atoms with Gasteiger partial charge in [-0.15, -0.1) is 0 Å². The maximum Gasteiger partial charge on any atom is 0.270 e. The zero-order valence-corrected chi connectivity index (χ0v) is 16.1. The van der Waals surface area contributed by atoms with Crippen LogP contribution in [0.3, 0.4) is 0 Å². The molecule has 0 spiro atoms. The van der Waals surface area contributed by atoms with E-state index < -0.39 is 14.9 Å². The van der Waals surface area contributed by atoms with Crippen LogP contribution in [-0.4, -0.2) is 37.2 Å². The Morgan fingerprint density at radius 2 is 1.78 bits per heavy atom. The van der Waals surface area contributed by atoms with Gasteiger partial charge < -0.3 is 4.90 Å². The third-order valence-corrected chi connectivity index (χ3v) is 5.63. The number of rotatable bonds is 7. The van der Waals surface area contributed by atoms with Crippen LogP contribution >= 0.6 is 0 Å². The van der Waals surface area contributed by atoms with E-state index >= 15 is 0 Å². The summed E-state index contributed by atoms with van der Waals surface area (Å²) in [7, 11) is -4.12. The summed E-state index contributed by atoms with van der Waals surface area (Å²) < 4.78 is 28.0. The number of nitro benzene ring substituents is 1. The summed E-state index contributed by atoms with van der Waals surface area (Å²) in [6.07, 6.45) is 0. The number of anilines is 1. The van der Waals surface area contributed by atoms with E-state index in [1.807, 2.05) is 13.8 Å². The number of aryl methyl sites for hydroxylation is 1. The van der Waals surface area contributed by atoms with Gasteiger partial charge in [-0.3, -0.25) is 19.6 Å². The first-order chi connectivity index (χ1) is 12.7. The molecule has 2 aromatic rings. The predicted molar refractivity (Wildman–Crippen MR) is 102 cm³/mol. The van der Waals surface area contributed by atoms with Crippen molar-refractivity contribution in [2.45, 2.75) is 25.7 Å². The van der Waals surface area contributed by atoms with Crippen LogP contribution in [0.4, 0.5) is 11.4 Å². The van der Waals surface area contributed by atoms with E-state index in [1.54, 1.807) is 30.0 Å². The Kier molecular flexibility index (Phi) is 6.17. The topological polar surface area (TPSA) is 110 Å². The highest BCUT2D eigenvalue weighted by atomic mass is 32.2. The molecule has 0 saturated heterocycles. The fourth-order valence-corrected chi connectivity index (χ4v) is 3.98. The smallest absolute Gasteiger partial charge is 0.270 e. The Bertz CT molecular complexity index is 969. The quantitative estimate of drug-likeness (QED) is 0.576. The highest BCUT2D eigenvalue weighted by Gasteiger charge is 2.24. The van der Waals surface area contributed by atoms with E-state index in [9.17, 15) is 23.3 Å². The summed E-state index contributed by atoms with van der Waals surface area (Å²) >= 11 is 0. The minimum Gasteiger partial charge on any atom is -0.339 e. The van der Waals surface area contributed by atoms with Crippen molar-refractivity contribution in [2.24, 2.45) is 0 Å². The molecule has 27 heavy (non-hydrogen) atoms. The van der Waals surface area contributed by atoms with Gasteiger partial charge in [0.05, 0.1) is 21.1 Å². The average Bonchev–Trinajstić information content (AvgIpc) is 2.62. The van der Waals surface area contributed by atoms with Crippen molar-refractivity contribution < 1.29 is 18.1 Å². The van der Waals surface area contributed by atoms with Gasteiger partial charge in [0.1, 0.15) is 0 Å². The van der Waals surface area contributed by atoms with Crippen LogP contribution < -0.4 is 4.72 Å². The minimum atomic E-state index is -4.12. The number of para-hydroxylation sites is 1. The average molecular weight is 391 g/mol. The minimum absolute atomic E-state index is 0.125. The van der Waals surface area contributed by atoms with E-state index in [2.05, 4.69) is 4.72 Å². The van der Waals surface area contributed by atoms with Gasteiger partial charge in [-0.05, 0) is 38.5 Å². The Morgan fingerprint density at radius 3 is 2.37 bits per heavy atom. The Balaban J connectivity index is 2.47. The zero-order chi connectivity index (χ0) is 20.2. The highest BCUT2D eigenvalue weighted by molar-refractivity contribution is 7.92. The second kappa shape index (κ2) is 8.17. The highest BCUT2D eigenvalue weighted by Crippen LogP contribution is 2.26. The lowest BCUT2D eigenvalue weighted by Gasteiger charge is -2.21. The van der Waals surface area contributed by atoms with Gasteiger partial charge in [-0.2, -0.15) is 0 Å². The summed E-state index contributed by atoms with van der Waals surface area (Å²) in [5, 5.41) is 11.0. The van der Waals surface area contributed by atoms with Gasteiger partial charge in [0.15, 0.2) is 0 Å². The van der Waals surface area contributed by atoms with Crippen LogP contribution in [0.2, 0.25) is 0 Å². The first-order valence-corrected chi connectivity index (χ1v) is 9.85. The maximum atomic E-state index is 12.8. The molecule has 1 N–H and O–H groups in total. The molecule has 0 fully saturated rings. The molecule has 0 aliphatic carbocycles. The maximum absolute atomic E-state index is 12.8. The Labute approximate surface area is 158 Å². The number of benzene rings is 2. The van der Waals surface area contributed by atoms with E-state index in [0.717, 1.165) is 6.07 Å². The molecule has 0 saturated carbocycles. The number of nitrogens with one attached hydrogen (secondary N) is 1. The van der Waals surface area contributed by atoms with Gasteiger partial charge >= 0.3 is 0 Å². The molecule has 0 atom stereocenters. The molecule has 144 valence electrons. The molecule has 0 radical (unpaired) electrons. The molecule has 2 rings (SSSR count). The molecular weight excluding hydrogens is 370 g/mol. The number of amides is 1. The van der Waals surface area contributed by atoms with Gasteiger partial charge in [-0.25, -0.2) is 8.42 Å². The molecule has 0 aromatic heterocycles. The molecule has 0 heterocycles. The normalized spacial score (nSPS) is 11.1. The predicted octanol–water partition coefficient (Wildman–Crippen LogP) is 3.19. The molecule has 9 heteroatoms. The van der Waals surface area contributed by atoms with Gasteiger partial charge in [0.25, 0.3) is 21.6 Å². The SMILES string of the molecule is CCN(CC)C(=O)c1ccccc1NS(=O)(=O)c1cc([N+](=O)[O-])ccc1C. The summed E-state index contributed by atoms with van der Waals surface area (Å²) in [4.78, 5) is 24.3. The summed E-state index contributed by atoms with van der Waals surface area (Å²) in [5.41, 5.74) is 0.377. The second-order valence-corrected chi connectivity index (χ2v) is 7.49. The van der Waals surface area contributed by atoms with Crippen LogP contribution in [0.5, 0.6) is 0 Å². The van der Waals surface area contributed by atoms with Crippen LogP contribution in [0.15, 0.2) is 47.4 Å². The van der Waals surface area contributed by atoms with Gasteiger partial charge in [0, 0.05) is 25.2 Å². The number of hydrogen-bond acceptors (Lipinski definition) is 5. The van der Waals surface area contributed by atoms with Crippen molar-refractivity contribution in [3.05, 3.63) is 63.7 Å². The Morgan fingerprint density at radius 1 is 1.15 bits per heavy atom. The van der Waals surface area contributed by atoms with Gasteiger partial charge in [-0.1, -0.05) is 18.2 Å². The molecule has 0 unspecified atom stereocenters. The first-order valence-electron chi connectivity index (χ1n) is 8.37. The summed E-state index contributed by atoms with van der Waals surface area (Å²) in [6, 6.07) is 9.91. The van der Waals surface area contributed by atoms with Crippen LogP contribution in [-0.2, 0) is 10.0 Å². The van der Waals surface area contributed by atoms with Crippen LogP contribution in [0, 0.1) is 17.0 Å². The summed E-state index contributed by atoms with van der Waals surface area (Å²) in [5.74, 6) is -0.297. The fraction of sp³-hybridized carbons (Fsp3) is 0.278. The number of non-ortho nitro benzene ring substituents is 1. The molecule has 1 amide bonds. The number of hydrogen-bond donors (Lipinski definition) is 1. The van der Waals surface area contributed by atoms with Crippen molar-refractivity contribution in [3.8, 4) is 0 Å². The zero-order valence-electron chi connectivity index (χ0n) is 15.3. The van der Waals surface area contributed by atoms with E-state index in [-0.39, 0.29) is 27.7 Å². The standard InChI is InChI=1S/C18H21N3O5S/c1-4-20(5-2)18(22)15-8-6-7-9-16(15)19-27(25,26)17-12-14(21(23)24)11-10-13(17)3/h6-12,19H,4-5H2,1-3H3. The van der Waals surface area contributed by atoms with Crippen molar-refractivity contribution >= 4 is 27.3 Å². The number of carbonyl (C=O) groups is 1. The van der Waals surface area contributed by atoms with Crippen molar-refractivity contribution in [2.75, 3.05) is 17.8 Å². The third-order valence-electron chi connectivity index (χ3n) is 4.12. The molecular formula is C18H21N3O5S. The number of sulfonamides is 1. The van der Waals surface area contributed by atoms with Gasteiger partial charge in [0.2, 0.25) is 0 Å². The number of nitrogens with zero attached hydrogens (tertiary/aromatic N) is 2. The first kappa shape index (κ1) is 20.4. The van der Waals surface area contributed by atoms with E-state index in [1.165, 1.54) is 18.2 Å². The van der Waals surface area contributed by atoms with E-state index in [4.69, 9.17) is 0 Å². The van der Waals surface area contributed by atoms with Crippen LogP contribution in [0.25, 0.3) is 0 Å². The summed E-state index contributed by atoms with van der Waals surface area (Å²) in [6.45, 7) is 6.19. The lowest BCUT2D eigenvalue weighted by Crippen LogP contribution is -2.31. The second-order valence-electron chi connectivity index (χ2n) is 5.84. The number of nitro groups is 1. The Hall–Kier alpha value is -2.94. The lowest BCUT2D eigenvalue weighted by atomic mass is 10.1. The van der Waals surface area contributed by atoms with Crippen molar-refractivity contribution in [3.63, 3.8) is 0 Å². The number of carbonyl (C=O) groups excluding carboxylic acids is 1. The lowest BCUT2D eigenvalue weighted by molar-refractivity contribution is -0.385. The molecule has 0 aliphatic rings. The van der Waals surface area contributed by atoms with Crippen molar-refractivity contribution in [1.82, 2.24) is 4.90 Å². The monoisotopic (exact) mass is 391 g/mol.